The Hall–Kier alpha value is -4.04. The quantitative estimate of drug-likeness (QED) is 0.192. The first-order valence-electron chi connectivity index (χ1n) is 12.7. The van der Waals surface area contributed by atoms with Gasteiger partial charge >= 0.3 is 0 Å². The van der Waals surface area contributed by atoms with Gasteiger partial charge in [0.25, 0.3) is 15.9 Å². The van der Waals surface area contributed by atoms with E-state index in [4.69, 9.17) is 27.9 Å². The van der Waals surface area contributed by atoms with Crippen LogP contribution in [0.4, 0.5) is 5.69 Å². The number of nitrogens with zero attached hydrogens (tertiary/aromatic N) is 1. The van der Waals surface area contributed by atoms with Crippen LogP contribution in [0.5, 0.6) is 11.5 Å². The van der Waals surface area contributed by atoms with E-state index in [1.807, 2.05) is 49.4 Å². The number of amides is 1. The predicted molar refractivity (Wildman–Crippen MR) is 165 cm³/mol. The van der Waals surface area contributed by atoms with Crippen molar-refractivity contribution in [2.24, 2.45) is 0 Å². The van der Waals surface area contributed by atoms with Gasteiger partial charge < -0.3 is 9.64 Å². The Morgan fingerprint density at radius 1 is 0.854 bits per heavy atom. The SMILES string of the molecule is C[C@@H](c1cccc2ccccc12)N(C)C(=O)c1cc(Cl)ccc1NS(=O)(=O)c1ccc(Oc2ccccc2Cl)cc1. The van der Waals surface area contributed by atoms with Gasteiger partial charge in [0.1, 0.15) is 11.5 Å². The van der Waals surface area contributed by atoms with E-state index < -0.39 is 10.0 Å². The van der Waals surface area contributed by atoms with Crippen LogP contribution in [0, 0.1) is 0 Å². The van der Waals surface area contributed by atoms with Gasteiger partial charge in [-0.3, -0.25) is 9.52 Å². The number of carbonyl (C=O) groups excluding carboxylic acids is 1. The molecular formula is C32H26Cl2N2O4S. The second-order valence-corrected chi connectivity index (χ2v) is 12.0. The zero-order chi connectivity index (χ0) is 29.1. The summed E-state index contributed by atoms with van der Waals surface area (Å²) in [6.07, 6.45) is 0. The Morgan fingerprint density at radius 2 is 1.54 bits per heavy atom. The van der Waals surface area contributed by atoms with Crippen molar-refractivity contribution >= 4 is 55.6 Å². The van der Waals surface area contributed by atoms with E-state index in [9.17, 15) is 13.2 Å². The van der Waals surface area contributed by atoms with Gasteiger partial charge in [-0.2, -0.15) is 0 Å². The molecular weight excluding hydrogens is 579 g/mol. The molecule has 5 aromatic rings. The van der Waals surface area contributed by atoms with Crippen LogP contribution in [0.25, 0.3) is 10.8 Å². The molecule has 6 nitrogen and oxygen atoms in total. The van der Waals surface area contributed by atoms with Crippen molar-refractivity contribution in [2.45, 2.75) is 17.9 Å². The van der Waals surface area contributed by atoms with E-state index in [1.54, 1.807) is 36.2 Å². The normalized spacial score (nSPS) is 12.1. The molecule has 0 spiro atoms. The second-order valence-electron chi connectivity index (χ2n) is 9.46. The van der Waals surface area contributed by atoms with Crippen molar-refractivity contribution in [1.29, 1.82) is 0 Å². The molecule has 1 atom stereocenters. The fourth-order valence-corrected chi connectivity index (χ4v) is 5.94. The minimum atomic E-state index is -4.05. The molecule has 0 saturated carbocycles. The average molecular weight is 606 g/mol. The van der Waals surface area contributed by atoms with Crippen LogP contribution in [-0.4, -0.2) is 26.3 Å². The molecule has 0 fully saturated rings. The lowest BCUT2D eigenvalue weighted by atomic mass is 9.98. The molecule has 5 rings (SSSR count). The smallest absolute Gasteiger partial charge is 0.261 e. The summed E-state index contributed by atoms with van der Waals surface area (Å²) in [6, 6.07) is 31.0. The topological polar surface area (TPSA) is 75.7 Å². The maximum absolute atomic E-state index is 13.7. The summed E-state index contributed by atoms with van der Waals surface area (Å²) in [5.74, 6) is 0.492. The highest BCUT2D eigenvalue weighted by atomic mass is 35.5. The maximum atomic E-state index is 13.7. The standard InChI is InChI=1S/C32H26Cl2N2O4S/c1-21(26-11-7-9-22-8-3-4-10-27(22)26)36(2)32(37)28-20-23(33)14-19-30(28)35-41(38,39)25-17-15-24(16-18-25)40-31-13-6-5-12-29(31)34/h3-21,35H,1-2H3/t21-/m0/s1. The number of rotatable bonds is 8. The van der Waals surface area contributed by atoms with Gasteiger partial charge in [-0.15, -0.1) is 0 Å². The van der Waals surface area contributed by atoms with Crippen LogP contribution >= 0.6 is 23.2 Å². The zero-order valence-electron chi connectivity index (χ0n) is 22.2. The number of carbonyl (C=O) groups is 1. The van der Waals surface area contributed by atoms with Gasteiger partial charge in [0.15, 0.2) is 0 Å². The van der Waals surface area contributed by atoms with Crippen LogP contribution < -0.4 is 9.46 Å². The van der Waals surface area contributed by atoms with Gasteiger partial charge in [-0.1, -0.05) is 77.8 Å². The van der Waals surface area contributed by atoms with Crippen molar-refractivity contribution in [3.8, 4) is 11.5 Å². The summed E-state index contributed by atoms with van der Waals surface area (Å²) in [5, 5.41) is 2.85. The number of anilines is 1. The molecule has 0 aliphatic heterocycles. The first kappa shape index (κ1) is 28.5. The Labute approximate surface area is 249 Å². The second kappa shape index (κ2) is 11.8. The van der Waals surface area contributed by atoms with Crippen LogP contribution in [0.15, 0.2) is 114 Å². The van der Waals surface area contributed by atoms with E-state index >= 15 is 0 Å². The number of nitrogens with one attached hydrogen (secondary N) is 1. The molecule has 41 heavy (non-hydrogen) atoms. The third kappa shape index (κ3) is 6.17. The zero-order valence-corrected chi connectivity index (χ0v) is 24.5. The number of benzene rings is 5. The summed E-state index contributed by atoms with van der Waals surface area (Å²) in [7, 11) is -2.37. The average Bonchev–Trinajstić information content (AvgIpc) is 2.98. The Kier molecular flexibility index (Phi) is 8.22. The van der Waals surface area contributed by atoms with Crippen LogP contribution in [-0.2, 0) is 10.0 Å². The molecule has 208 valence electrons. The molecule has 1 N–H and O–H groups in total. The van der Waals surface area contributed by atoms with E-state index in [0.29, 0.717) is 21.5 Å². The number of ether oxygens (including phenoxy) is 1. The van der Waals surface area contributed by atoms with Crippen molar-refractivity contribution in [2.75, 3.05) is 11.8 Å². The highest BCUT2D eigenvalue weighted by Gasteiger charge is 2.25. The first-order chi connectivity index (χ1) is 19.6. The highest BCUT2D eigenvalue weighted by Crippen LogP contribution is 2.32. The van der Waals surface area contributed by atoms with Gasteiger partial charge in [0, 0.05) is 12.1 Å². The summed E-state index contributed by atoms with van der Waals surface area (Å²) in [4.78, 5) is 15.3. The molecule has 0 unspecified atom stereocenters. The molecule has 0 bridgehead atoms. The Balaban J connectivity index is 1.39. The number of sulfonamides is 1. The predicted octanol–water partition coefficient (Wildman–Crippen LogP) is 8.57. The van der Waals surface area contributed by atoms with E-state index in [0.717, 1.165) is 16.3 Å². The minimum Gasteiger partial charge on any atom is -0.456 e. The molecule has 0 aliphatic carbocycles. The third-order valence-corrected chi connectivity index (χ3v) is 8.76. The highest BCUT2D eigenvalue weighted by molar-refractivity contribution is 7.92. The molecule has 1 amide bonds. The molecule has 0 aliphatic rings. The molecule has 9 heteroatoms. The largest absolute Gasteiger partial charge is 0.456 e. The number of hydrogen-bond acceptors (Lipinski definition) is 4. The number of fused-ring (bicyclic) bond motifs is 1. The van der Waals surface area contributed by atoms with Crippen LogP contribution in [0.1, 0.15) is 28.9 Å². The number of hydrogen-bond donors (Lipinski definition) is 1. The van der Waals surface area contributed by atoms with Crippen molar-refractivity contribution in [3.63, 3.8) is 0 Å². The Bertz CT molecular complexity index is 1840. The van der Waals surface area contributed by atoms with E-state index in [1.165, 1.54) is 42.5 Å². The summed E-state index contributed by atoms with van der Waals surface area (Å²) in [5.41, 5.74) is 1.23. The summed E-state index contributed by atoms with van der Waals surface area (Å²) >= 11 is 12.4. The molecule has 0 heterocycles. The van der Waals surface area contributed by atoms with Crippen LogP contribution in [0.2, 0.25) is 10.0 Å². The fraction of sp³-hybridized carbons (Fsp3) is 0.0938. The maximum Gasteiger partial charge on any atom is 0.261 e. The third-order valence-electron chi connectivity index (χ3n) is 6.83. The summed E-state index contributed by atoms with van der Waals surface area (Å²) < 4.78 is 35.0. The Morgan fingerprint density at radius 3 is 2.29 bits per heavy atom. The lowest BCUT2D eigenvalue weighted by Gasteiger charge is -2.27. The van der Waals surface area contributed by atoms with E-state index in [2.05, 4.69) is 4.72 Å². The summed E-state index contributed by atoms with van der Waals surface area (Å²) in [6.45, 7) is 1.93. The van der Waals surface area contributed by atoms with Gasteiger partial charge in [-0.25, -0.2) is 8.42 Å². The number of halogens is 2. The lowest BCUT2D eigenvalue weighted by Crippen LogP contribution is -2.30. The number of para-hydroxylation sites is 1. The molecule has 0 radical (unpaired) electrons. The van der Waals surface area contributed by atoms with Crippen molar-refractivity contribution in [1.82, 2.24) is 4.90 Å². The van der Waals surface area contributed by atoms with Crippen molar-refractivity contribution in [3.05, 3.63) is 130 Å². The van der Waals surface area contributed by atoms with E-state index in [-0.39, 0.29) is 28.1 Å². The van der Waals surface area contributed by atoms with Crippen molar-refractivity contribution < 1.29 is 17.9 Å². The van der Waals surface area contributed by atoms with Gasteiger partial charge in [-0.05, 0) is 77.9 Å². The fourth-order valence-electron chi connectivity index (χ4n) is 4.52. The van der Waals surface area contributed by atoms with Gasteiger partial charge in [0.05, 0.1) is 27.2 Å². The molecule has 5 aromatic carbocycles. The lowest BCUT2D eigenvalue weighted by molar-refractivity contribution is 0.0744. The molecule has 0 aromatic heterocycles. The monoisotopic (exact) mass is 604 g/mol. The minimum absolute atomic E-state index is 0.00478. The van der Waals surface area contributed by atoms with Gasteiger partial charge in [0.2, 0.25) is 0 Å². The first-order valence-corrected chi connectivity index (χ1v) is 15.0. The van der Waals surface area contributed by atoms with Crippen LogP contribution in [0.3, 0.4) is 0 Å². The molecule has 0 saturated heterocycles.